The lowest BCUT2D eigenvalue weighted by Crippen LogP contribution is -2.34. The summed E-state index contributed by atoms with van der Waals surface area (Å²) < 4.78 is 28.9. The number of rotatable bonds is 6. The second-order valence-electron chi connectivity index (χ2n) is 5.11. The standard InChI is InChI=1S/C13H19N3O2S2/c1-10(2)16-7-13(14-9-16)20(17,18)15-11(3)6-12-4-5-19-8-12/h4-5,7-11,15H,6H2,1-3H3/t11-/m0/s1. The van der Waals surface area contributed by atoms with Gasteiger partial charge in [0.1, 0.15) is 0 Å². The van der Waals surface area contributed by atoms with Crippen LogP contribution in [-0.2, 0) is 16.4 Å². The Balaban J connectivity index is 2.06. The molecule has 1 atom stereocenters. The van der Waals surface area contributed by atoms with E-state index in [1.165, 1.54) is 0 Å². The van der Waals surface area contributed by atoms with E-state index < -0.39 is 10.0 Å². The summed E-state index contributed by atoms with van der Waals surface area (Å²) in [6.45, 7) is 5.81. The van der Waals surface area contributed by atoms with Crippen molar-refractivity contribution in [1.82, 2.24) is 14.3 Å². The predicted molar refractivity (Wildman–Crippen MR) is 80.4 cm³/mol. The number of imidazole rings is 1. The maximum absolute atomic E-state index is 12.2. The van der Waals surface area contributed by atoms with Gasteiger partial charge in [0.05, 0.1) is 6.33 Å². The summed E-state index contributed by atoms with van der Waals surface area (Å²) >= 11 is 1.61. The van der Waals surface area contributed by atoms with E-state index in [2.05, 4.69) is 9.71 Å². The lowest BCUT2D eigenvalue weighted by Gasteiger charge is -2.12. The van der Waals surface area contributed by atoms with Crippen LogP contribution < -0.4 is 4.72 Å². The van der Waals surface area contributed by atoms with Crippen LogP contribution in [-0.4, -0.2) is 24.0 Å². The van der Waals surface area contributed by atoms with Crippen molar-refractivity contribution in [2.75, 3.05) is 0 Å². The molecule has 0 radical (unpaired) electrons. The first kappa shape index (κ1) is 15.2. The average Bonchev–Trinajstić information content (AvgIpc) is 2.97. The lowest BCUT2D eigenvalue weighted by atomic mass is 10.1. The molecule has 0 aliphatic heterocycles. The maximum Gasteiger partial charge on any atom is 0.259 e. The summed E-state index contributed by atoms with van der Waals surface area (Å²) in [5.74, 6) is 0. The molecule has 0 saturated carbocycles. The highest BCUT2D eigenvalue weighted by Crippen LogP contribution is 2.13. The number of hydrogen-bond donors (Lipinski definition) is 1. The largest absolute Gasteiger partial charge is 0.334 e. The van der Waals surface area contributed by atoms with Gasteiger partial charge in [-0.15, -0.1) is 0 Å². The molecule has 7 heteroatoms. The summed E-state index contributed by atoms with van der Waals surface area (Å²) in [7, 11) is -3.55. The first-order chi connectivity index (χ1) is 9.38. The van der Waals surface area contributed by atoms with Crippen molar-refractivity contribution in [1.29, 1.82) is 0 Å². The van der Waals surface area contributed by atoms with E-state index in [9.17, 15) is 8.42 Å². The van der Waals surface area contributed by atoms with Crippen molar-refractivity contribution in [2.45, 2.75) is 44.3 Å². The van der Waals surface area contributed by atoms with Crippen LogP contribution in [0.5, 0.6) is 0 Å². The number of aromatic nitrogens is 2. The molecule has 0 aromatic carbocycles. The maximum atomic E-state index is 12.2. The van der Waals surface area contributed by atoms with Gasteiger partial charge in [-0.3, -0.25) is 0 Å². The van der Waals surface area contributed by atoms with Crippen LogP contribution in [0.2, 0.25) is 0 Å². The van der Waals surface area contributed by atoms with Crippen LogP contribution in [0.3, 0.4) is 0 Å². The Bertz CT molecular complexity index is 645. The van der Waals surface area contributed by atoms with E-state index in [1.807, 2.05) is 37.6 Å². The van der Waals surface area contributed by atoms with Crippen molar-refractivity contribution in [3.8, 4) is 0 Å². The van der Waals surface area contributed by atoms with E-state index in [0.717, 1.165) is 5.56 Å². The minimum atomic E-state index is -3.55. The summed E-state index contributed by atoms with van der Waals surface area (Å²) in [5, 5.41) is 4.09. The minimum Gasteiger partial charge on any atom is -0.334 e. The zero-order chi connectivity index (χ0) is 14.8. The van der Waals surface area contributed by atoms with Gasteiger partial charge in [0.2, 0.25) is 0 Å². The van der Waals surface area contributed by atoms with Gasteiger partial charge in [-0.1, -0.05) is 0 Å². The third-order valence-corrected chi connectivity index (χ3v) is 5.13. The summed E-state index contributed by atoms with van der Waals surface area (Å²) in [4.78, 5) is 3.97. The molecule has 2 rings (SSSR count). The number of sulfonamides is 1. The second-order valence-corrected chi connectivity index (χ2v) is 7.55. The van der Waals surface area contributed by atoms with Crippen LogP contribution in [0, 0.1) is 0 Å². The Labute approximate surface area is 123 Å². The van der Waals surface area contributed by atoms with E-state index in [1.54, 1.807) is 28.4 Å². The van der Waals surface area contributed by atoms with Crippen molar-refractivity contribution in [3.63, 3.8) is 0 Å². The Kier molecular flexibility index (Phi) is 4.62. The van der Waals surface area contributed by atoms with Gasteiger partial charge in [0.15, 0.2) is 5.03 Å². The smallest absolute Gasteiger partial charge is 0.259 e. The van der Waals surface area contributed by atoms with Crippen LogP contribution in [0.4, 0.5) is 0 Å². The first-order valence-corrected chi connectivity index (χ1v) is 8.88. The number of nitrogens with one attached hydrogen (secondary N) is 1. The van der Waals surface area contributed by atoms with Gasteiger partial charge >= 0.3 is 0 Å². The Morgan fingerprint density at radius 3 is 2.70 bits per heavy atom. The fourth-order valence-corrected chi connectivity index (χ4v) is 3.73. The molecule has 1 N–H and O–H groups in total. The van der Waals surface area contributed by atoms with Crippen LogP contribution in [0.15, 0.2) is 34.4 Å². The Hall–Kier alpha value is -1.18. The highest BCUT2D eigenvalue weighted by atomic mass is 32.2. The molecule has 0 fully saturated rings. The lowest BCUT2D eigenvalue weighted by molar-refractivity contribution is 0.556. The average molecular weight is 313 g/mol. The van der Waals surface area contributed by atoms with E-state index >= 15 is 0 Å². The molecular formula is C13H19N3O2S2. The molecular weight excluding hydrogens is 294 g/mol. The molecule has 110 valence electrons. The summed E-state index contributed by atoms with van der Waals surface area (Å²) in [6, 6.07) is 2.02. The summed E-state index contributed by atoms with van der Waals surface area (Å²) in [5.41, 5.74) is 1.14. The monoisotopic (exact) mass is 313 g/mol. The van der Waals surface area contributed by atoms with Crippen LogP contribution in [0.25, 0.3) is 0 Å². The van der Waals surface area contributed by atoms with E-state index in [4.69, 9.17) is 0 Å². The van der Waals surface area contributed by atoms with Crippen molar-refractivity contribution in [2.24, 2.45) is 0 Å². The molecule has 20 heavy (non-hydrogen) atoms. The number of nitrogens with zero attached hydrogens (tertiary/aromatic N) is 2. The van der Waals surface area contributed by atoms with Gasteiger partial charge in [-0.2, -0.15) is 11.3 Å². The molecule has 0 aliphatic carbocycles. The van der Waals surface area contributed by atoms with Crippen molar-refractivity contribution >= 4 is 21.4 Å². The van der Waals surface area contributed by atoms with Crippen LogP contribution >= 0.6 is 11.3 Å². The van der Waals surface area contributed by atoms with Gasteiger partial charge in [0, 0.05) is 18.3 Å². The second kappa shape index (κ2) is 6.07. The molecule has 0 amide bonds. The molecule has 2 heterocycles. The highest BCUT2D eigenvalue weighted by Gasteiger charge is 2.20. The molecule has 0 aliphatic rings. The molecule has 2 aromatic rings. The van der Waals surface area contributed by atoms with Crippen LogP contribution in [0.1, 0.15) is 32.4 Å². The van der Waals surface area contributed by atoms with Crippen molar-refractivity contribution in [3.05, 3.63) is 34.9 Å². The predicted octanol–water partition coefficient (Wildman–Crippen LogP) is 2.44. The van der Waals surface area contributed by atoms with Gasteiger partial charge < -0.3 is 4.57 Å². The third kappa shape index (κ3) is 3.68. The number of hydrogen-bond acceptors (Lipinski definition) is 4. The zero-order valence-electron chi connectivity index (χ0n) is 11.8. The van der Waals surface area contributed by atoms with Crippen molar-refractivity contribution < 1.29 is 8.42 Å². The molecule has 0 bridgehead atoms. The van der Waals surface area contributed by atoms with E-state index in [0.29, 0.717) is 6.42 Å². The fraction of sp³-hybridized carbons (Fsp3) is 0.462. The fourth-order valence-electron chi connectivity index (χ4n) is 1.87. The molecule has 0 saturated heterocycles. The molecule has 5 nitrogen and oxygen atoms in total. The zero-order valence-corrected chi connectivity index (χ0v) is 13.4. The SMILES string of the molecule is CC(C)n1cnc(S(=O)(=O)N[C@@H](C)Cc2ccsc2)c1. The first-order valence-electron chi connectivity index (χ1n) is 6.45. The van der Waals surface area contributed by atoms with Gasteiger partial charge in [-0.05, 0) is 49.6 Å². The van der Waals surface area contributed by atoms with E-state index in [-0.39, 0.29) is 17.1 Å². The molecule has 0 spiro atoms. The number of thiophene rings is 1. The highest BCUT2D eigenvalue weighted by molar-refractivity contribution is 7.89. The Morgan fingerprint density at radius 1 is 1.40 bits per heavy atom. The normalized spacial score (nSPS) is 13.8. The summed E-state index contributed by atoms with van der Waals surface area (Å²) in [6.07, 6.45) is 3.78. The third-order valence-electron chi connectivity index (χ3n) is 2.93. The molecule has 2 aromatic heterocycles. The van der Waals surface area contributed by atoms with Gasteiger partial charge in [0.25, 0.3) is 10.0 Å². The quantitative estimate of drug-likeness (QED) is 0.891. The minimum absolute atomic E-state index is 0.0726. The van der Waals surface area contributed by atoms with Gasteiger partial charge in [-0.25, -0.2) is 18.1 Å². The topological polar surface area (TPSA) is 64.0 Å². The molecule has 0 unspecified atom stereocenters. The Morgan fingerprint density at radius 2 is 2.15 bits per heavy atom.